The van der Waals surface area contributed by atoms with Crippen molar-refractivity contribution in [3.63, 3.8) is 0 Å². The summed E-state index contributed by atoms with van der Waals surface area (Å²) in [5.74, 6) is 0.220. The lowest BCUT2D eigenvalue weighted by Crippen LogP contribution is -2.36. The Morgan fingerprint density at radius 1 is 1.00 bits per heavy atom. The van der Waals surface area contributed by atoms with E-state index in [9.17, 15) is 13.2 Å². The van der Waals surface area contributed by atoms with Crippen molar-refractivity contribution in [2.75, 3.05) is 31.3 Å². The van der Waals surface area contributed by atoms with Crippen LogP contribution in [-0.2, 0) is 25.9 Å². The monoisotopic (exact) mass is 556 g/mol. The second-order valence-corrected chi connectivity index (χ2v) is 12.6. The van der Waals surface area contributed by atoms with Crippen LogP contribution in [0.25, 0.3) is 28.4 Å². The maximum absolute atomic E-state index is 13.3. The van der Waals surface area contributed by atoms with Gasteiger partial charge in [0.05, 0.1) is 10.6 Å². The molecule has 1 aromatic heterocycles. The van der Waals surface area contributed by atoms with Gasteiger partial charge < -0.3 is 14.5 Å². The van der Waals surface area contributed by atoms with Gasteiger partial charge in [0.15, 0.2) is 9.84 Å². The fourth-order valence-electron chi connectivity index (χ4n) is 5.46. The van der Waals surface area contributed by atoms with E-state index in [2.05, 4.69) is 17.3 Å². The highest BCUT2D eigenvalue weighted by Gasteiger charge is 2.26. The first-order chi connectivity index (χ1) is 19.4. The number of amides is 1. The van der Waals surface area contributed by atoms with E-state index in [1.165, 1.54) is 5.56 Å². The summed E-state index contributed by atoms with van der Waals surface area (Å²) in [6.45, 7) is 2.44. The van der Waals surface area contributed by atoms with Gasteiger partial charge in [0.2, 0.25) is 0 Å². The van der Waals surface area contributed by atoms with Crippen LogP contribution < -0.4 is 5.32 Å². The molecule has 3 aromatic carbocycles. The molecule has 206 valence electrons. The number of ether oxygens (including phenoxy) is 1. The molecular weight excluding hydrogens is 524 g/mol. The summed E-state index contributed by atoms with van der Waals surface area (Å²) in [4.78, 5) is 15.9. The highest BCUT2D eigenvalue weighted by atomic mass is 32.2. The van der Waals surface area contributed by atoms with Crippen LogP contribution in [0.3, 0.4) is 0 Å². The summed E-state index contributed by atoms with van der Waals surface area (Å²) in [6.07, 6.45) is 3.91. The smallest absolute Gasteiger partial charge is 0.251 e. The molecule has 0 spiro atoms. The number of para-hydroxylation sites is 1. The van der Waals surface area contributed by atoms with Crippen molar-refractivity contribution < 1.29 is 22.4 Å². The minimum absolute atomic E-state index is 0.124. The number of fused-ring (bicyclic) bond motifs is 2. The Hall–Kier alpha value is -3.72. The van der Waals surface area contributed by atoms with E-state index in [1.54, 1.807) is 24.3 Å². The Kier molecular flexibility index (Phi) is 7.31. The van der Waals surface area contributed by atoms with Crippen LogP contribution >= 0.6 is 0 Å². The molecule has 4 aromatic rings. The maximum atomic E-state index is 13.3. The molecule has 1 fully saturated rings. The van der Waals surface area contributed by atoms with E-state index < -0.39 is 9.84 Å². The van der Waals surface area contributed by atoms with E-state index in [0.29, 0.717) is 28.6 Å². The molecule has 0 radical (unpaired) electrons. The number of sulfone groups is 1. The second-order valence-electron chi connectivity index (χ2n) is 10.5. The Bertz CT molecular complexity index is 1650. The summed E-state index contributed by atoms with van der Waals surface area (Å²) >= 11 is 0. The number of hydrogen-bond donors (Lipinski definition) is 1. The van der Waals surface area contributed by atoms with Crippen molar-refractivity contribution >= 4 is 38.5 Å². The SMILES string of the molecule is CN(Cc1ccc(NC(=O)C2=Cc3cc(-c4cc5ccccc5o4)ccc3S(=O)(=O)CC2)cc1)C1CCOCC1. The third kappa shape index (κ3) is 5.61. The summed E-state index contributed by atoms with van der Waals surface area (Å²) < 4.78 is 37.6. The van der Waals surface area contributed by atoms with Gasteiger partial charge in [-0.05, 0) is 86.0 Å². The summed E-state index contributed by atoms with van der Waals surface area (Å²) in [6, 6.07) is 23.2. The van der Waals surface area contributed by atoms with Gasteiger partial charge in [0, 0.05) is 48.0 Å². The molecule has 0 atom stereocenters. The average molecular weight is 557 g/mol. The molecule has 0 saturated carbocycles. The van der Waals surface area contributed by atoms with Crippen LogP contribution in [0.2, 0.25) is 0 Å². The Morgan fingerprint density at radius 2 is 1.77 bits per heavy atom. The molecule has 2 aliphatic heterocycles. The van der Waals surface area contributed by atoms with Crippen molar-refractivity contribution in [3.05, 3.63) is 89.5 Å². The van der Waals surface area contributed by atoms with Gasteiger partial charge in [-0.1, -0.05) is 30.3 Å². The lowest BCUT2D eigenvalue weighted by atomic mass is 10.0. The van der Waals surface area contributed by atoms with Crippen LogP contribution in [0.5, 0.6) is 0 Å². The quantitative estimate of drug-likeness (QED) is 0.318. The predicted octanol–water partition coefficient (Wildman–Crippen LogP) is 5.91. The first kappa shape index (κ1) is 26.5. The van der Waals surface area contributed by atoms with Crippen LogP contribution in [0.15, 0.2) is 87.7 Å². The van der Waals surface area contributed by atoms with Crippen molar-refractivity contribution in [2.24, 2.45) is 0 Å². The molecule has 0 aliphatic carbocycles. The minimum atomic E-state index is -3.54. The van der Waals surface area contributed by atoms with Gasteiger partial charge in [-0.25, -0.2) is 8.42 Å². The largest absolute Gasteiger partial charge is 0.456 e. The van der Waals surface area contributed by atoms with Crippen molar-refractivity contribution in [1.29, 1.82) is 0 Å². The normalized spacial score (nSPS) is 17.3. The zero-order valence-electron chi connectivity index (χ0n) is 22.4. The van der Waals surface area contributed by atoms with Gasteiger partial charge in [0.25, 0.3) is 5.91 Å². The number of furan rings is 1. The first-order valence-electron chi connectivity index (χ1n) is 13.6. The van der Waals surface area contributed by atoms with Crippen molar-refractivity contribution in [3.8, 4) is 11.3 Å². The molecular formula is C32H32N2O5S. The number of anilines is 1. The molecule has 1 N–H and O–H groups in total. The number of carbonyl (C=O) groups excluding carboxylic acids is 1. The number of rotatable bonds is 6. The van der Waals surface area contributed by atoms with Gasteiger partial charge >= 0.3 is 0 Å². The third-order valence-corrected chi connectivity index (χ3v) is 9.56. The lowest BCUT2D eigenvalue weighted by Gasteiger charge is -2.31. The van der Waals surface area contributed by atoms with E-state index in [1.807, 2.05) is 54.6 Å². The zero-order chi connectivity index (χ0) is 27.7. The van der Waals surface area contributed by atoms with Crippen LogP contribution in [0, 0.1) is 0 Å². The highest BCUT2D eigenvalue weighted by molar-refractivity contribution is 7.91. The summed E-state index contributed by atoms with van der Waals surface area (Å²) in [7, 11) is -1.41. The lowest BCUT2D eigenvalue weighted by molar-refractivity contribution is -0.112. The molecule has 2 aliphatic rings. The molecule has 0 bridgehead atoms. The Morgan fingerprint density at radius 3 is 2.55 bits per heavy atom. The number of nitrogens with zero attached hydrogens (tertiary/aromatic N) is 1. The molecule has 3 heterocycles. The van der Waals surface area contributed by atoms with Gasteiger partial charge in [-0.3, -0.25) is 9.69 Å². The van der Waals surface area contributed by atoms with Crippen LogP contribution in [-0.4, -0.2) is 51.3 Å². The van der Waals surface area contributed by atoms with E-state index in [-0.39, 0.29) is 23.0 Å². The van der Waals surface area contributed by atoms with E-state index in [4.69, 9.17) is 9.15 Å². The molecule has 8 heteroatoms. The van der Waals surface area contributed by atoms with Gasteiger partial charge in [0.1, 0.15) is 11.3 Å². The van der Waals surface area contributed by atoms with Crippen molar-refractivity contribution in [1.82, 2.24) is 4.90 Å². The van der Waals surface area contributed by atoms with Gasteiger partial charge in [-0.2, -0.15) is 0 Å². The molecule has 1 saturated heterocycles. The first-order valence-corrected chi connectivity index (χ1v) is 15.3. The third-order valence-electron chi connectivity index (χ3n) is 7.77. The Labute approximate surface area is 234 Å². The number of nitrogens with one attached hydrogen (secondary N) is 1. The number of carbonyl (C=O) groups is 1. The minimum Gasteiger partial charge on any atom is -0.456 e. The standard InChI is InChI=1S/C32H32N2O5S/c1-34(28-12-15-38-16-13-28)21-22-6-9-27(10-7-22)33-32(35)25-14-17-40(36,37)31-11-8-24(18-26(31)19-25)30-20-23-4-2-3-5-29(23)39-30/h2-11,18-20,28H,12-17,21H2,1H3,(H,33,35). The maximum Gasteiger partial charge on any atom is 0.251 e. The molecule has 6 rings (SSSR count). The number of hydrogen-bond acceptors (Lipinski definition) is 6. The van der Waals surface area contributed by atoms with Crippen LogP contribution in [0.4, 0.5) is 5.69 Å². The molecule has 0 unspecified atom stereocenters. The summed E-state index contributed by atoms with van der Waals surface area (Å²) in [5, 5.41) is 3.92. The highest BCUT2D eigenvalue weighted by Crippen LogP contribution is 2.33. The fraction of sp³-hybridized carbons (Fsp3) is 0.281. The van der Waals surface area contributed by atoms with Crippen molar-refractivity contribution in [2.45, 2.75) is 36.7 Å². The van der Waals surface area contributed by atoms with Gasteiger partial charge in [-0.15, -0.1) is 0 Å². The molecule has 7 nitrogen and oxygen atoms in total. The topological polar surface area (TPSA) is 88.9 Å². The predicted molar refractivity (Wildman–Crippen MR) is 157 cm³/mol. The molecule has 1 amide bonds. The fourth-order valence-corrected chi connectivity index (χ4v) is 6.92. The van der Waals surface area contributed by atoms with Crippen LogP contribution in [0.1, 0.15) is 30.4 Å². The average Bonchev–Trinajstić information content (AvgIpc) is 3.35. The second kappa shape index (κ2) is 11.0. The number of benzene rings is 3. The zero-order valence-corrected chi connectivity index (χ0v) is 23.2. The Balaban J connectivity index is 1.20. The molecule has 40 heavy (non-hydrogen) atoms. The van der Waals surface area contributed by atoms with E-state index in [0.717, 1.165) is 49.1 Å². The summed E-state index contributed by atoms with van der Waals surface area (Å²) in [5.41, 5.74) is 4.27. The van der Waals surface area contributed by atoms with E-state index >= 15 is 0 Å².